The molecule has 1 aliphatic carbocycles. The lowest BCUT2D eigenvalue weighted by molar-refractivity contribution is -0.124. The highest BCUT2D eigenvalue weighted by Crippen LogP contribution is 2.25. The number of nitrogens with one attached hydrogen (secondary N) is 1. The second kappa shape index (κ2) is 7.45. The van der Waals surface area contributed by atoms with Gasteiger partial charge in [0, 0.05) is 6.04 Å². The zero-order valence-electron chi connectivity index (χ0n) is 11.9. The molecule has 0 heterocycles. The molecule has 0 spiro atoms. The van der Waals surface area contributed by atoms with Gasteiger partial charge in [0.25, 0.3) is 5.91 Å². The molecule has 1 fully saturated rings. The highest BCUT2D eigenvalue weighted by Gasteiger charge is 2.18. The van der Waals surface area contributed by atoms with E-state index in [1.54, 1.807) is 25.3 Å². The number of hydrogen-bond acceptors (Lipinski definition) is 4. The van der Waals surface area contributed by atoms with Crippen LogP contribution in [-0.2, 0) is 9.53 Å². The zero-order valence-corrected chi connectivity index (χ0v) is 13.4. The Morgan fingerprint density at radius 3 is 2.67 bits per heavy atom. The molecular formula is C15H18BrNO4. The van der Waals surface area contributed by atoms with E-state index in [-0.39, 0.29) is 18.6 Å². The second-order valence-electron chi connectivity index (χ2n) is 4.97. The van der Waals surface area contributed by atoms with Crippen LogP contribution in [0.2, 0.25) is 0 Å². The summed E-state index contributed by atoms with van der Waals surface area (Å²) in [6.45, 7) is -0.251. The summed E-state index contributed by atoms with van der Waals surface area (Å²) in [7, 11) is 1.55. The van der Waals surface area contributed by atoms with Crippen molar-refractivity contribution in [3.05, 3.63) is 28.2 Å². The van der Waals surface area contributed by atoms with Gasteiger partial charge < -0.3 is 14.8 Å². The van der Waals surface area contributed by atoms with Crippen molar-refractivity contribution in [1.29, 1.82) is 0 Å². The van der Waals surface area contributed by atoms with Crippen molar-refractivity contribution in [3.63, 3.8) is 0 Å². The molecule has 0 bridgehead atoms. The van der Waals surface area contributed by atoms with Crippen LogP contribution < -0.4 is 10.1 Å². The maximum Gasteiger partial charge on any atom is 0.338 e. The highest BCUT2D eigenvalue weighted by atomic mass is 79.9. The van der Waals surface area contributed by atoms with E-state index >= 15 is 0 Å². The predicted octanol–water partition coefficient (Wildman–Crippen LogP) is 2.67. The minimum absolute atomic E-state index is 0.228. The molecule has 1 amide bonds. The van der Waals surface area contributed by atoms with Gasteiger partial charge in [-0.05, 0) is 47.0 Å². The number of hydrogen-bond donors (Lipinski definition) is 1. The monoisotopic (exact) mass is 355 g/mol. The Bertz CT molecular complexity index is 526. The van der Waals surface area contributed by atoms with Crippen LogP contribution in [0.5, 0.6) is 5.75 Å². The molecule has 6 heteroatoms. The second-order valence-corrected chi connectivity index (χ2v) is 5.83. The van der Waals surface area contributed by atoms with Gasteiger partial charge in [-0.3, -0.25) is 4.79 Å². The first kappa shape index (κ1) is 15.8. The van der Waals surface area contributed by atoms with Crippen molar-refractivity contribution in [1.82, 2.24) is 5.32 Å². The van der Waals surface area contributed by atoms with Crippen LogP contribution in [0.4, 0.5) is 0 Å². The summed E-state index contributed by atoms with van der Waals surface area (Å²) in [5, 5.41) is 2.87. The SMILES string of the molecule is COc1ccc(C(=O)OCC(=O)NC2CCCC2)cc1Br. The molecule has 1 saturated carbocycles. The third-order valence-electron chi connectivity index (χ3n) is 3.44. The van der Waals surface area contributed by atoms with Gasteiger partial charge in [-0.2, -0.15) is 0 Å². The highest BCUT2D eigenvalue weighted by molar-refractivity contribution is 9.10. The van der Waals surface area contributed by atoms with Crippen LogP contribution in [0.1, 0.15) is 36.0 Å². The number of carbonyl (C=O) groups is 2. The van der Waals surface area contributed by atoms with Crippen LogP contribution in [0, 0.1) is 0 Å². The van der Waals surface area contributed by atoms with E-state index in [0.717, 1.165) is 25.7 Å². The van der Waals surface area contributed by atoms with Gasteiger partial charge in [0.15, 0.2) is 6.61 Å². The molecule has 1 N–H and O–H groups in total. The maximum absolute atomic E-state index is 11.9. The predicted molar refractivity (Wildman–Crippen MR) is 81.4 cm³/mol. The van der Waals surface area contributed by atoms with Crippen LogP contribution in [-0.4, -0.2) is 31.6 Å². The minimum atomic E-state index is -0.528. The van der Waals surface area contributed by atoms with E-state index in [1.165, 1.54) is 0 Å². The summed E-state index contributed by atoms with van der Waals surface area (Å²) in [5.74, 6) is -0.145. The van der Waals surface area contributed by atoms with Crippen LogP contribution in [0.15, 0.2) is 22.7 Å². The van der Waals surface area contributed by atoms with Gasteiger partial charge in [-0.1, -0.05) is 12.8 Å². The Kier molecular flexibility index (Phi) is 5.61. The van der Waals surface area contributed by atoms with E-state index in [9.17, 15) is 9.59 Å². The lowest BCUT2D eigenvalue weighted by Crippen LogP contribution is -2.35. The van der Waals surface area contributed by atoms with E-state index in [0.29, 0.717) is 15.8 Å². The van der Waals surface area contributed by atoms with Crippen molar-refractivity contribution in [2.24, 2.45) is 0 Å². The van der Waals surface area contributed by atoms with Crippen LogP contribution in [0.3, 0.4) is 0 Å². The molecule has 21 heavy (non-hydrogen) atoms. The standard InChI is InChI=1S/C15H18BrNO4/c1-20-13-7-6-10(8-12(13)16)15(19)21-9-14(18)17-11-4-2-3-5-11/h6-8,11H,2-5,9H2,1H3,(H,17,18). The fraction of sp³-hybridized carbons (Fsp3) is 0.467. The zero-order chi connectivity index (χ0) is 15.2. The molecule has 1 aromatic carbocycles. The van der Waals surface area contributed by atoms with Crippen molar-refractivity contribution in [3.8, 4) is 5.75 Å². The van der Waals surface area contributed by atoms with E-state index < -0.39 is 5.97 Å². The molecule has 5 nitrogen and oxygen atoms in total. The van der Waals surface area contributed by atoms with Crippen molar-refractivity contribution in [2.45, 2.75) is 31.7 Å². The fourth-order valence-corrected chi connectivity index (χ4v) is 2.89. The van der Waals surface area contributed by atoms with Gasteiger partial charge in [-0.25, -0.2) is 4.79 Å². The Hall–Kier alpha value is -1.56. The molecule has 2 rings (SSSR count). The molecule has 114 valence electrons. The Morgan fingerprint density at radius 2 is 2.05 bits per heavy atom. The number of esters is 1. The molecule has 0 atom stereocenters. The Morgan fingerprint density at radius 1 is 1.33 bits per heavy atom. The van der Waals surface area contributed by atoms with Crippen molar-refractivity contribution >= 4 is 27.8 Å². The number of amides is 1. The van der Waals surface area contributed by atoms with Gasteiger partial charge in [0.05, 0.1) is 17.1 Å². The molecule has 1 aromatic rings. The van der Waals surface area contributed by atoms with E-state index in [1.807, 2.05) is 0 Å². The van der Waals surface area contributed by atoms with Crippen LogP contribution >= 0.6 is 15.9 Å². The largest absolute Gasteiger partial charge is 0.496 e. The fourth-order valence-electron chi connectivity index (χ4n) is 2.35. The molecule has 0 aliphatic heterocycles. The normalized spacial score (nSPS) is 14.8. The molecule has 0 saturated heterocycles. The number of benzene rings is 1. The first-order chi connectivity index (χ1) is 10.1. The number of carbonyl (C=O) groups excluding carboxylic acids is 2. The smallest absolute Gasteiger partial charge is 0.338 e. The average molecular weight is 356 g/mol. The summed E-state index contributed by atoms with van der Waals surface area (Å²) >= 11 is 3.30. The molecular weight excluding hydrogens is 338 g/mol. The quantitative estimate of drug-likeness (QED) is 0.824. The lowest BCUT2D eigenvalue weighted by Gasteiger charge is -2.12. The van der Waals surface area contributed by atoms with Crippen molar-refractivity contribution in [2.75, 3.05) is 13.7 Å². The van der Waals surface area contributed by atoms with Gasteiger partial charge >= 0.3 is 5.97 Å². The summed E-state index contributed by atoms with van der Waals surface area (Å²) in [6, 6.07) is 5.10. The van der Waals surface area contributed by atoms with Gasteiger partial charge in [0.1, 0.15) is 5.75 Å². The molecule has 0 aromatic heterocycles. The maximum atomic E-state index is 11.9. The molecule has 0 radical (unpaired) electrons. The van der Waals surface area contributed by atoms with Gasteiger partial charge in [0.2, 0.25) is 0 Å². The topological polar surface area (TPSA) is 64.6 Å². The summed E-state index contributed by atoms with van der Waals surface area (Å²) < 4.78 is 10.8. The van der Waals surface area contributed by atoms with E-state index in [4.69, 9.17) is 9.47 Å². The number of ether oxygens (including phenoxy) is 2. The van der Waals surface area contributed by atoms with Crippen LogP contribution in [0.25, 0.3) is 0 Å². The minimum Gasteiger partial charge on any atom is -0.496 e. The first-order valence-corrected chi connectivity index (χ1v) is 7.69. The van der Waals surface area contributed by atoms with Crippen molar-refractivity contribution < 1.29 is 19.1 Å². The summed E-state index contributed by atoms with van der Waals surface area (Å²) in [6.07, 6.45) is 4.30. The molecule has 1 aliphatic rings. The number of halogens is 1. The Balaban J connectivity index is 1.83. The molecule has 0 unspecified atom stereocenters. The first-order valence-electron chi connectivity index (χ1n) is 6.90. The summed E-state index contributed by atoms with van der Waals surface area (Å²) in [4.78, 5) is 23.6. The third kappa shape index (κ3) is 4.46. The van der Waals surface area contributed by atoms with E-state index in [2.05, 4.69) is 21.2 Å². The summed E-state index contributed by atoms with van der Waals surface area (Å²) in [5.41, 5.74) is 0.372. The average Bonchev–Trinajstić information content (AvgIpc) is 2.97. The third-order valence-corrected chi connectivity index (χ3v) is 4.06. The number of methoxy groups -OCH3 is 1. The number of rotatable bonds is 5. The Labute approximate surface area is 132 Å². The van der Waals surface area contributed by atoms with Gasteiger partial charge in [-0.15, -0.1) is 0 Å². The lowest BCUT2D eigenvalue weighted by atomic mass is 10.2.